The van der Waals surface area contributed by atoms with Crippen LogP contribution in [0, 0.1) is 5.53 Å². The zero-order valence-corrected chi connectivity index (χ0v) is 10.6. The van der Waals surface area contributed by atoms with Gasteiger partial charge in [-0.3, -0.25) is 9.59 Å². The summed E-state index contributed by atoms with van der Waals surface area (Å²) in [7, 11) is 0. The number of carboxylic acids is 1. The van der Waals surface area contributed by atoms with Crippen LogP contribution >= 0.6 is 0 Å². The molecule has 0 saturated heterocycles. The number of rotatable bonds is 5. The molecule has 1 amide bonds. The molecule has 0 aromatic heterocycles. The number of carboxylic acid groups (broad SMARTS) is 1. The highest BCUT2D eigenvalue weighted by atomic mass is 16.4. The molecule has 0 aliphatic rings. The van der Waals surface area contributed by atoms with Crippen LogP contribution in [0.3, 0.4) is 0 Å². The molecule has 0 saturated carbocycles. The van der Waals surface area contributed by atoms with Crippen LogP contribution in [-0.4, -0.2) is 17.0 Å². The van der Waals surface area contributed by atoms with Gasteiger partial charge in [-0.1, -0.05) is 24.3 Å². The Morgan fingerprint density at radius 1 is 1.10 bits per heavy atom. The van der Waals surface area contributed by atoms with Crippen molar-refractivity contribution in [1.82, 2.24) is 0 Å². The third-order valence-electron chi connectivity index (χ3n) is 2.86. The number of fused-ring (bicyclic) bond motifs is 1. The maximum atomic E-state index is 11.7. The summed E-state index contributed by atoms with van der Waals surface area (Å²) >= 11 is 0. The van der Waals surface area contributed by atoms with Crippen molar-refractivity contribution in [2.45, 2.75) is 12.8 Å². The summed E-state index contributed by atoms with van der Waals surface area (Å²) in [5.74, 6) is -1.36. The van der Waals surface area contributed by atoms with Crippen molar-refractivity contribution in [3.05, 3.63) is 36.4 Å². The first kappa shape index (κ1) is 13.7. The predicted molar refractivity (Wildman–Crippen MR) is 74.3 cm³/mol. The lowest BCUT2D eigenvalue weighted by atomic mass is 10.1. The SMILES string of the molecule is N=Nc1ccc(NC(=O)CCC(=O)O)c2ccccc12. The van der Waals surface area contributed by atoms with E-state index in [4.69, 9.17) is 10.6 Å². The third-order valence-corrected chi connectivity index (χ3v) is 2.86. The van der Waals surface area contributed by atoms with Crippen LogP contribution in [0.5, 0.6) is 0 Å². The molecular weight excluding hydrogens is 258 g/mol. The molecule has 0 spiro atoms. The van der Waals surface area contributed by atoms with Gasteiger partial charge in [0.05, 0.1) is 12.1 Å². The number of aliphatic carboxylic acids is 1. The molecule has 0 unspecified atom stereocenters. The minimum Gasteiger partial charge on any atom is -0.481 e. The molecule has 3 N–H and O–H groups in total. The molecule has 6 heteroatoms. The number of nitrogens with one attached hydrogen (secondary N) is 2. The van der Waals surface area contributed by atoms with Crippen LogP contribution in [0.15, 0.2) is 41.5 Å². The van der Waals surface area contributed by atoms with E-state index in [1.165, 1.54) is 0 Å². The Morgan fingerprint density at radius 2 is 1.80 bits per heavy atom. The minimum atomic E-state index is -1.01. The Hall–Kier alpha value is -2.76. The minimum absolute atomic E-state index is 0.0752. The smallest absolute Gasteiger partial charge is 0.303 e. The van der Waals surface area contributed by atoms with E-state index in [0.717, 1.165) is 10.8 Å². The largest absolute Gasteiger partial charge is 0.481 e. The molecule has 0 radical (unpaired) electrons. The second-order valence-corrected chi connectivity index (χ2v) is 4.23. The molecule has 0 aliphatic heterocycles. The van der Waals surface area contributed by atoms with Gasteiger partial charge in [0.25, 0.3) is 0 Å². The molecule has 0 heterocycles. The van der Waals surface area contributed by atoms with Gasteiger partial charge >= 0.3 is 5.97 Å². The zero-order chi connectivity index (χ0) is 14.5. The van der Waals surface area contributed by atoms with E-state index < -0.39 is 5.97 Å². The van der Waals surface area contributed by atoms with Gasteiger partial charge in [0.1, 0.15) is 0 Å². The summed E-state index contributed by atoms with van der Waals surface area (Å²) in [6, 6.07) is 10.6. The van der Waals surface area contributed by atoms with Crippen molar-refractivity contribution < 1.29 is 14.7 Å². The topological polar surface area (TPSA) is 103 Å². The van der Waals surface area contributed by atoms with Gasteiger partial charge < -0.3 is 10.4 Å². The van der Waals surface area contributed by atoms with E-state index in [0.29, 0.717) is 11.4 Å². The quantitative estimate of drug-likeness (QED) is 0.727. The van der Waals surface area contributed by atoms with E-state index in [1.54, 1.807) is 12.1 Å². The molecule has 6 nitrogen and oxygen atoms in total. The van der Waals surface area contributed by atoms with E-state index >= 15 is 0 Å². The van der Waals surface area contributed by atoms with Crippen molar-refractivity contribution >= 4 is 34.0 Å². The zero-order valence-electron chi connectivity index (χ0n) is 10.6. The van der Waals surface area contributed by atoms with E-state index in [-0.39, 0.29) is 18.7 Å². The van der Waals surface area contributed by atoms with Crippen molar-refractivity contribution in [2.75, 3.05) is 5.32 Å². The lowest BCUT2D eigenvalue weighted by molar-refractivity contribution is -0.138. The number of carbonyl (C=O) groups is 2. The van der Waals surface area contributed by atoms with Gasteiger partial charge in [0.2, 0.25) is 5.91 Å². The van der Waals surface area contributed by atoms with E-state index in [2.05, 4.69) is 10.4 Å². The molecular formula is C14H13N3O3. The molecule has 0 atom stereocenters. The molecule has 102 valence electrons. The number of nitrogens with zero attached hydrogens (tertiary/aromatic N) is 1. The van der Waals surface area contributed by atoms with Crippen LogP contribution in [0.4, 0.5) is 11.4 Å². The Morgan fingerprint density at radius 3 is 2.45 bits per heavy atom. The number of anilines is 1. The van der Waals surface area contributed by atoms with Crippen LogP contribution in [0.25, 0.3) is 10.8 Å². The average Bonchev–Trinajstić information content (AvgIpc) is 2.45. The molecule has 2 aromatic rings. The summed E-state index contributed by atoms with van der Waals surface area (Å²) in [6.07, 6.45) is -0.280. The lowest BCUT2D eigenvalue weighted by Gasteiger charge is -2.09. The van der Waals surface area contributed by atoms with Crippen LogP contribution in [0.1, 0.15) is 12.8 Å². The summed E-state index contributed by atoms with van der Waals surface area (Å²) in [6.45, 7) is 0. The standard InChI is InChI=1S/C14H13N3O3/c15-17-12-6-5-11(9-3-1-2-4-10(9)12)16-13(18)7-8-14(19)20/h1-6,15H,7-8H2,(H,16,18)(H,19,20). The fourth-order valence-corrected chi connectivity index (χ4v) is 1.92. The number of carbonyl (C=O) groups excluding carboxylic acids is 1. The summed E-state index contributed by atoms with van der Waals surface area (Å²) in [5, 5.41) is 16.2. The van der Waals surface area contributed by atoms with Gasteiger partial charge in [0.15, 0.2) is 0 Å². The number of benzene rings is 2. The van der Waals surface area contributed by atoms with Crippen LogP contribution < -0.4 is 5.32 Å². The van der Waals surface area contributed by atoms with Crippen molar-refractivity contribution in [3.63, 3.8) is 0 Å². The number of hydrogen-bond donors (Lipinski definition) is 3. The van der Waals surface area contributed by atoms with Gasteiger partial charge in [-0.15, -0.1) is 0 Å². The van der Waals surface area contributed by atoms with Crippen molar-refractivity contribution in [3.8, 4) is 0 Å². The Kier molecular flexibility index (Phi) is 4.05. The Labute approximate surface area is 114 Å². The third kappa shape index (κ3) is 2.97. The molecule has 2 aromatic carbocycles. The van der Waals surface area contributed by atoms with Gasteiger partial charge in [-0.05, 0) is 12.1 Å². The Balaban J connectivity index is 2.29. The summed E-state index contributed by atoms with van der Waals surface area (Å²) < 4.78 is 0. The maximum absolute atomic E-state index is 11.7. The fraction of sp³-hybridized carbons (Fsp3) is 0.143. The summed E-state index contributed by atoms with van der Waals surface area (Å²) in [5.41, 5.74) is 8.23. The molecule has 0 fully saturated rings. The highest BCUT2D eigenvalue weighted by molar-refractivity contribution is 6.06. The molecule has 0 bridgehead atoms. The highest BCUT2D eigenvalue weighted by Gasteiger charge is 2.09. The van der Waals surface area contributed by atoms with E-state index in [9.17, 15) is 9.59 Å². The van der Waals surface area contributed by atoms with Gasteiger partial charge in [0, 0.05) is 22.9 Å². The van der Waals surface area contributed by atoms with Crippen LogP contribution in [0.2, 0.25) is 0 Å². The predicted octanol–water partition coefficient (Wildman–Crippen LogP) is 3.31. The van der Waals surface area contributed by atoms with E-state index in [1.807, 2.05) is 24.3 Å². The molecule has 0 aliphatic carbocycles. The maximum Gasteiger partial charge on any atom is 0.303 e. The number of amides is 1. The monoisotopic (exact) mass is 271 g/mol. The average molecular weight is 271 g/mol. The van der Waals surface area contributed by atoms with Gasteiger partial charge in [-0.2, -0.15) is 5.11 Å². The first-order chi connectivity index (χ1) is 9.61. The first-order valence-corrected chi connectivity index (χ1v) is 6.02. The Bertz CT molecular complexity index is 682. The summed E-state index contributed by atoms with van der Waals surface area (Å²) in [4.78, 5) is 22.1. The van der Waals surface area contributed by atoms with Crippen molar-refractivity contribution in [2.24, 2.45) is 5.11 Å². The highest BCUT2D eigenvalue weighted by Crippen LogP contribution is 2.31. The molecule has 2 rings (SSSR count). The first-order valence-electron chi connectivity index (χ1n) is 6.02. The normalized spacial score (nSPS) is 10.2. The van der Waals surface area contributed by atoms with Crippen LogP contribution in [-0.2, 0) is 9.59 Å². The second kappa shape index (κ2) is 5.92. The lowest BCUT2D eigenvalue weighted by Crippen LogP contribution is -2.13. The van der Waals surface area contributed by atoms with Gasteiger partial charge in [-0.25, -0.2) is 5.53 Å². The van der Waals surface area contributed by atoms with Crippen molar-refractivity contribution in [1.29, 1.82) is 5.53 Å². The second-order valence-electron chi connectivity index (χ2n) is 4.23. The molecule has 20 heavy (non-hydrogen) atoms. The number of hydrogen-bond acceptors (Lipinski definition) is 4. The fourth-order valence-electron chi connectivity index (χ4n) is 1.92.